The number of amides is 1. The molecule has 7 heteroatoms. The molecule has 1 aromatic carbocycles. The standard InChI is InChI=1S/C17H26N4O2.HI/c1-18-17(21(2)12-15-8-9-23-13-15)20-11-16(22)19-10-14-6-4-3-5-7-14;/h3-7,15H,8-13H2,1-2H3,(H,18,20)(H,19,22);1H. The summed E-state index contributed by atoms with van der Waals surface area (Å²) in [6.07, 6.45) is 1.08. The zero-order valence-electron chi connectivity index (χ0n) is 14.3. The van der Waals surface area contributed by atoms with Crippen molar-refractivity contribution in [3.63, 3.8) is 0 Å². The predicted octanol–water partition coefficient (Wildman–Crippen LogP) is 1.46. The Morgan fingerprint density at radius 3 is 2.71 bits per heavy atom. The molecular weight excluding hydrogens is 419 g/mol. The van der Waals surface area contributed by atoms with E-state index in [2.05, 4.69) is 15.6 Å². The third-order valence-electron chi connectivity index (χ3n) is 3.87. The Hall–Kier alpha value is -1.35. The van der Waals surface area contributed by atoms with Crippen LogP contribution in [0.3, 0.4) is 0 Å². The Kier molecular flexibility index (Phi) is 9.70. The maximum Gasteiger partial charge on any atom is 0.239 e. The van der Waals surface area contributed by atoms with Crippen molar-refractivity contribution in [3.05, 3.63) is 35.9 Å². The number of rotatable bonds is 6. The Balaban J connectivity index is 0.00000288. The second-order valence-corrected chi connectivity index (χ2v) is 5.77. The van der Waals surface area contributed by atoms with E-state index in [9.17, 15) is 4.79 Å². The maximum atomic E-state index is 11.9. The first-order chi connectivity index (χ1) is 11.2. The largest absolute Gasteiger partial charge is 0.381 e. The van der Waals surface area contributed by atoms with E-state index in [0.29, 0.717) is 12.5 Å². The van der Waals surface area contributed by atoms with Crippen molar-refractivity contribution in [3.8, 4) is 0 Å². The summed E-state index contributed by atoms with van der Waals surface area (Å²) in [4.78, 5) is 18.2. The molecule has 6 nitrogen and oxygen atoms in total. The Morgan fingerprint density at radius 2 is 2.08 bits per heavy atom. The number of aliphatic imine (C=N–C) groups is 1. The molecule has 134 valence electrons. The summed E-state index contributed by atoms with van der Waals surface area (Å²) >= 11 is 0. The third kappa shape index (κ3) is 7.04. The predicted molar refractivity (Wildman–Crippen MR) is 107 cm³/mol. The SMILES string of the molecule is CN=C(NCC(=O)NCc1ccccc1)N(C)CC1CCOC1.I. The fraction of sp³-hybridized carbons (Fsp3) is 0.529. The summed E-state index contributed by atoms with van der Waals surface area (Å²) in [6, 6.07) is 9.86. The van der Waals surface area contributed by atoms with Crippen LogP contribution in [0.4, 0.5) is 0 Å². The number of hydrogen-bond acceptors (Lipinski definition) is 3. The van der Waals surface area contributed by atoms with Crippen LogP contribution in [0.15, 0.2) is 35.3 Å². The molecule has 24 heavy (non-hydrogen) atoms. The first-order valence-corrected chi connectivity index (χ1v) is 7.99. The highest BCUT2D eigenvalue weighted by molar-refractivity contribution is 14.0. The number of halogens is 1. The first kappa shape index (κ1) is 20.7. The number of nitrogens with one attached hydrogen (secondary N) is 2. The number of hydrogen-bond donors (Lipinski definition) is 2. The average Bonchev–Trinajstić information content (AvgIpc) is 3.07. The summed E-state index contributed by atoms with van der Waals surface area (Å²) in [7, 11) is 3.71. The number of carbonyl (C=O) groups excluding carboxylic acids is 1. The van der Waals surface area contributed by atoms with Crippen molar-refractivity contribution in [2.75, 3.05) is 40.4 Å². The van der Waals surface area contributed by atoms with Crippen LogP contribution in [0.2, 0.25) is 0 Å². The molecule has 1 aromatic rings. The average molecular weight is 446 g/mol. The highest BCUT2D eigenvalue weighted by atomic mass is 127. The fourth-order valence-corrected chi connectivity index (χ4v) is 2.60. The number of benzene rings is 1. The molecular formula is C17H27IN4O2. The van der Waals surface area contributed by atoms with E-state index < -0.39 is 0 Å². The molecule has 0 spiro atoms. The molecule has 1 aliphatic heterocycles. The van der Waals surface area contributed by atoms with Gasteiger partial charge in [0.15, 0.2) is 5.96 Å². The van der Waals surface area contributed by atoms with Crippen molar-refractivity contribution in [2.24, 2.45) is 10.9 Å². The monoisotopic (exact) mass is 446 g/mol. The molecule has 1 saturated heterocycles. The molecule has 0 bridgehead atoms. The maximum absolute atomic E-state index is 11.9. The lowest BCUT2D eigenvalue weighted by Crippen LogP contribution is -2.45. The van der Waals surface area contributed by atoms with Crippen molar-refractivity contribution >= 4 is 35.8 Å². The molecule has 0 aromatic heterocycles. The van der Waals surface area contributed by atoms with E-state index in [1.807, 2.05) is 42.3 Å². The molecule has 2 N–H and O–H groups in total. The summed E-state index contributed by atoms with van der Waals surface area (Å²) < 4.78 is 5.39. The zero-order valence-corrected chi connectivity index (χ0v) is 16.7. The van der Waals surface area contributed by atoms with Gasteiger partial charge in [-0.25, -0.2) is 0 Å². The molecule has 1 unspecified atom stereocenters. The number of guanidine groups is 1. The van der Waals surface area contributed by atoms with Crippen LogP contribution < -0.4 is 10.6 Å². The van der Waals surface area contributed by atoms with Crippen LogP contribution >= 0.6 is 24.0 Å². The second kappa shape index (κ2) is 11.2. The Morgan fingerprint density at radius 1 is 1.33 bits per heavy atom. The van der Waals surface area contributed by atoms with Crippen molar-refractivity contribution in [1.29, 1.82) is 0 Å². The van der Waals surface area contributed by atoms with Gasteiger partial charge in [0.2, 0.25) is 5.91 Å². The van der Waals surface area contributed by atoms with E-state index >= 15 is 0 Å². The molecule has 1 fully saturated rings. The lowest BCUT2D eigenvalue weighted by molar-refractivity contribution is -0.120. The topological polar surface area (TPSA) is 66.0 Å². The van der Waals surface area contributed by atoms with E-state index in [4.69, 9.17) is 4.74 Å². The van der Waals surface area contributed by atoms with Crippen molar-refractivity contribution < 1.29 is 9.53 Å². The van der Waals surface area contributed by atoms with Gasteiger partial charge in [0.1, 0.15) is 0 Å². The minimum atomic E-state index is -0.0485. The first-order valence-electron chi connectivity index (χ1n) is 7.99. The van der Waals surface area contributed by atoms with E-state index in [1.165, 1.54) is 0 Å². The zero-order chi connectivity index (χ0) is 16.5. The molecule has 2 rings (SSSR count). The van der Waals surface area contributed by atoms with E-state index in [0.717, 1.165) is 37.7 Å². The quantitative estimate of drug-likeness (QED) is 0.395. The van der Waals surface area contributed by atoms with Gasteiger partial charge in [-0.1, -0.05) is 30.3 Å². The normalized spacial score (nSPS) is 17.1. The van der Waals surface area contributed by atoms with Gasteiger partial charge in [-0.15, -0.1) is 24.0 Å². The molecule has 0 aliphatic carbocycles. The van der Waals surface area contributed by atoms with Crippen LogP contribution in [0.5, 0.6) is 0 Å². The van der Waals surface area contributed by atoms with Gasteiger partial charge in [0.05, 0.1) is 13.2 Å². The van der Waals surface area contributed by atoms with Gasteiger partial charge >= 0.3 is 0 Å². The number of carbonyl (C=O) groups is 1. The third-order valence-corrected chi connectivity index (χ3v) is 3.87. The second-order valence-electron chi connectivity index (χ2n) is 5.77. The van der Waals surface area contributed by atoms with Gasteiger partial charge in [0.25, 0.3) is 0 Å². The minimum Gasteiger partial charge on any atom is -0.381 e. The minimum absolute atomic E-state index is 0. The summed E-state index contributed by atoms with van der Waals surface area (Å²) in [5.41, 5.74) is 1.09. The van der Waals surface area contributed by atoms with Crippen LogP contribution in [0, 0.1) is 5.92 Å². The highest BCUT2D eigenvalue weighted by Crippen LogP contribution is 2.13. The lowest BCUT2D eigenvalue weighted by atomic mass is 10.1. The summed E-state index contributed by atoms with van der Waals surface area (Å²) in [6.45, 7) is 3.27. The molecule has 1 amide bonds. The van der Waals surface area contributed by atoms with Gasteiger partial charge < -0.3 is 20.3 Å². The van der Waals surface area contributed by atoms with Gasteiger partial charge in [-0.05, 0) is 12.0 Å². The number of ether oxygens (including phenoxy) is 1. The van der Waals surface area contributed by atoms with Gasteiger partial charge in [0, 0.05) is 39.7 Å². The van der Waals surface area contributed by atoms with E-state index in [-0.39, 0.29) is 36.4 Å². The van der Waals surface area contributed by atoms with Crippen LogP contribution in [-0.2, 0) is 16.1 Å². The van der Waals surface area contributed by atoms with Crippen LogP contribution in [-0.4, -0.2) is 57.2 Å². The van der Waals surface area contributed by atoms with Crippen molar-refractivity contribution in [2.45, 2.75) is 13.0 Å². The summed E-state index contributed by atoms with van der Waals surface area (Å²) in [5.74, 6) is 1.21. The van der Waals surface area contributed by atoms with Crippen molar-refractivity contribution in [1.82, 2.24) is 15.5 Å². The number of nitrogens with zero attached hydrogens (tertiary/aromatic N) is 2. The molecule has 1 aliphatic rings. The smallest absolute Gasteiger partial charge is 0.239 e. The van der Waals surface area contributed by atoms with Crippen LogP contribution in [0.25, 0.3) is 0 Å². The van der Waals surface area contributed by atoms with Gasteiger partial charge in [-0.3, -0.25) is 9.79 Å². The van der Waals surface area contributed by atoms with Crippen LogP contribution in [0.1, 0.15) is 12.0 Å². The summed E-state index contributed by atoms with van der Waals surface area (Å²) in [5, 5.41) is 6.00. The molecule has 0 radical (unpaired) electrons. The van der Waals surface area contributed by atoms with E-state index in [1.54, 1.807) is 7.05 Å². The molecule has 0 saturated carbocycles. The fourth-order valence-electron chi connectivity index (χ4n) is 2.60. The molecule has 1 atom stereocenters. The lowest BCUT2D eigenvalue weighted by Gasteiger charge is -2.24. The van der Waals surface area contributed by atoms with Gasteiger partial charge in [-0.2, -0.15) is 0 Å². The highest BCUT2D eigenvalue weighted by Gasteiger charge is 2.19. The molecule has 1 heterocycles. The Bertz CT molecular complexity index is 519. The Labute approximate surface area is 161 Å².